The van der Waals surface area contributed by atoms with Crippen LogP contribution in [0, 0.1) is 0 Å². The summed E-state index contributed by atoms with van der Waals surface area (Å²) in [6.07, 6.45) is 5.18. The molecule has 0 spiro atoms. The van der Waals surface area contributed by atoms with E-state index >= 15 is 0 Å². The molecule has 2 N–H and O–H groups in total. The predicted octanol–water partition coefficient (Wildman–Crippen LogP) is 3.45. The second kappa shape index (κ2) is 10.6. The van der Waals surface area contributed by atoms with Crippen molar-refractivity contribution < 1.29 is 14.9 Å². The molecule has 0 radical (unpaired) electrons. The fourth-order valence-corrected chi connectivity index (χ4v) is 2.12. The molecule has 0 bridgehead atoms. The van der Waals surface area contributed by atoms with Crippen LogP contribution in [0.25, 0.3) is 0 Å². The standard InChI is InChI=1S/C18H28O3/c1-3-5-7-13-17(18(20)16(19)10-4-2)21-14-15-11-8-6-9-12-15/h6-9,11-13,16-20H,3-5,10,14H2,1-2H3/b13-7+/t16?,17-,18-/m0/s1. The third-order valence-corrected chi connectivity index (χ3v) is 3.38. The summed E-state index contributed by atoms with van der Waals surface area (Å²) < 4.78 is 5.81. The Hall–Kier alpha value is -1.16. The van der Waals surface area contributed by atoms with Crippen LogP contribution in [0.5, 0.6) is 0 Å². The summed E-state index contributed by atoms with van der Waals surface area (Å²) in [6.45, 7) is 4.52. The van der Waals surface area contributed by atoms with Gasteiger partial charge in [-0.1, -0.05) is 69.2 Å². The smallest absolute Gasteiger partial charge is 0.110 e. The number of aliphatic hydroxyl groups is 2. The van der Waals surface area contributed by atoms with Crippen molar-refractivity contribution in [2.24, 2.45) is 0 Å². The third kappa shape index (κ3) is 6.89. The molecule has 0 saturated carbocycles. The predicted molar refractivity (Wildman–Crippen MR) is 86.0 cm³/mol. The molecule has 0 fully saturated rings. The Morgan fingerprint density at radius 1 is 1.10 bits per heavy atom. The van der Waals surface area contributed by atoms with Crippen molar-refractivity contribution in [3.05, 3.63) is 48.0 Å². The average Bonchev–Trinajstić information content (AvgIpc) is 2.51. The highest BCUT2D eigenvalue weighted by Gasteiger charge is 2.24. The van der Waals surface area contributed by atoms with Gasteiger partial charge in [0.25, 0.3) is 0 Å². The van der Waals surface area contributed by atoms with Gasteiger partial charge in [-0.25, -0.2) is 0 Å². The fraction of sp³-hybridized carbons (Fsp3) is 0.556. The van der Waals surface area contributed by atoms with Crippen molar-refractivity contribution in [2.45, 2.75) is 64.4 Å². The lowest BCUT2D eigenvalue weighted by Gasteiger charge is -2.25. The van der Waals surface area contributed by atoms with E-state index in [1.165, 1.54) is 0 Å². The Kier molecular flexibility index (Phi) is 8.99. The molecule has 0 amide bonds. The Morgan fingerprint density at radius 2 is 1.81 bits per heavy atom. The first-order valence-corrected chi connectivity index (χ1v) is 7.87. The SMILES string of the molecule is CCC/C=C/[C@H](OCc1ccccc1)[C@@H](O)C(O)CCC. The molecule has 3 atom stereocenters. The first-order chi connectivity index (χ1) is 10.2. The molecule has 1 rings (SSSR count). The van der Waals surface area contributed by atoms with Crippen molar-refractivity contribution in [2.75, 3.05) is 0 Å². The number of unbranched alkanes of at least 4 members (excludes halogenated alkanes) is 1. The van der Waals surface area contributed by atoms with Gasteiger partial charge in [0.2, 0.25) is 0 Å². The van der Waals surface area contributed by atoms with Gasteiger partial charge < -0.3 is 14.9 Å². The lowest BCUT2D eigenvalue weighted by molar-refractivity contribution is -0.0773. The van der Waals surface area contributed by atoms with E-state index < -0.39 is 18.3 Å². The largest absolute Gasteiger partial charge is 0.390 e. The molecule has 0 heterocycles. The zero-order valence-electron chi connectivity index (χ0n) is 13.1. The van der Waals surface area contributed by atoms with Crippen molar-refractivity contribution in [3.8, 4) is 0 Å². The van der Waals surface area contributed by atoms with Crippen LogP contribution in [0.2, 0.25) is 0 Å². The van der Waals surface area contributed by atoms with E-state index in [4.69, 9.17) is 4.74 Å². The number of hydrogen-bond donors (Lipinski definition) is 2. The normalized spacial score (nSPS) is 16.0. The highest BCUT2D eigenvalue weighted by Crippen LogP contribution is 2.14. The van der Waals surface area contributed by atoms with Crippen LogP contribution >= 0.6 is 0 Å². The number of ether oxygens (including phenoxy) is 1. The van der Waals surface area contributed by atoms with Crippen molar-refractivity contribution >= 4 is 0 Å². The molecule has 1 aromatic carbocycles. The maximum absolute atomic E-state index is 10.3. The first kappa shape index (κ1) is 17.9. The van der Waals surface area contributed by atoms with Gasteiger partial charge in [0.05, 0.1) is 12.7 Å². The molecule has 3 nitrogen and oxygen atoms in total. The lowest BCUT2D eigenvalue weighted by Crippen LogP contribution is -2.37. The Morgan fingerprint density at radius 3 is 2.43 bits per heavy atom. The molecule has 0 aliphatic heterocycles. The Bertz CT molecular complexity index is 389. The summed E-state index contributed by atoms with van der Waals surface area (Å²) in [5.41, 5.74) is 1.06. The summed E-state index contributed by atoms with van der Waals surface area (Å²) in [6, 6.07) is 9.86. The van der Waals surface area contributed by atoms with Crippen molar-refractivity contribution in [3.63, 3.8) is 0 Å². The number of allylic oxidation sites excluding steroid dienone is 1. The monoisotopic (exact) mass is 292 g/mol. The van der Waals surface area contributed by atoms with Gasteiger partial charge in [0, 0.05) is 0 Å². The van der Waals surface area contributed by atoms with Gasteiger partial charge >= 0.3 is 0 Å². The van der Waals surface area contributed by atoms with Crippen LogP contribution < -0.4 is 0 Å². The summed E-state index contributed by atoms with van der Waals surface area (Å²) in [5.74, 6) is 0. The minimum atomic E-state index is -0.887. The second-order valence-corrected chi connectivity index (χ2v) is 5.32. The van der Waals surface area contributed by atoms with Gasteiger partial charge in [-0.2, -0.15) is 0 Å². The summed E-state index contributed by atoms with van der Waals surface area (Å²) in [5, 5.41) is 20.2. The Labute approximate surface area is 128 Å². The van der Waals surface area contributed by atoms with E-state index in [9.17, 15) is 10.2 Å². The highest BCUT2D eigenvalue weighted by molar-refractivity contribution is 5.13. The van der Waals surface area contributed by atoms with E-state index in [1.54, 1.807) is 0 Å². The average molecular weight is 292 g/mol. The number of rotatable bonds is 10. The quantitative estimate of drug-likeness (QED) is 0.649. The van der Waals surface area contributed by atoms with Gasteiger partial charge in [0.15, 0.2) is 0 Å². The third-order valence-electron chi connectivity index (χ3n) is 3.38. The zero-order chi connectivity index (χ0) is 15.5. The minimum Gasteiger partial charge on any atom is -0.390 e. The molecule has 118 valence electrons. The molecule has 0 aromatic heterocycles. The Balaban J connectivity index is 2.63. The van der Waals surface area contributed by atoms with Crippen molar-refractivity contribution in [1.29, 1.82) is 0 Å². The molecule has 0 saturated heterocycles. The minimum absolute atomic E-state index is 0.428. The van der Waals surface area contributed by atoms with E-state index in [-0.39, 0.29) is 0 Å². The summed E-state index contributed by atoms with van der Waals surface area (Å²) in [7, 11) is 0. The number of benzene rings is 1. The molecular weight excluding hydrogens is 264 g/mol. The zero-order valence-corrected chi connectivity index (χ0v) is 13.1. The van der Waals surface area contributed by atoms with Crippen LogP contribution in [-0.2, 0) is 11.3 Å². The topological polar surface area (TPSA) is 49.7 Å². The van der Waals surface area contributed by atoms with Crippen LogP contribution in [0.15, 0.2) is 42.5 Å². The van der Waals surface area contributed by atoms with E-state index in [2.05, 4.69) is 6.92 Å². The maximum Gasteiger partial charge on any atom is 0.110 e. The fourth-order valence-electron chi connectivity index (χ4n) is 2.12. The second-order valence-electron chi connectivity index (χ2n) is 5.32. The van der Waals surface area contributed by atoms with E-state index in [1.807, 2.05) is 49.4 Å². The molecule has 21 heavy (non-hydrogen) atoms. The summed E-state index contributed by atoms with van der Waals surface area (Å²) >= 11 is 0. The maximum atomic E-state index is 10.3. The van der Waals surface area contributed by atoms with Crippen molar-refractivity contribution in [1.82, 2.24) is 0 Å². The highest BCUT2D eigenvalue weighted by atomic mass is 16.5. The molecule has 1 unspecified atom stereocenters. The van der Waals surface area contributed by atoms with E-state index in [0.717, 1.165) is 24.8 Å². The van der Waals surface area contributed by atoms with Crippen LogP contribution in [-0.4, -0.2) is 28.5 Å². The van der Waals surface area contributed by atoms with Gasteiger partial charge in [-0.3, -0.25) is 0 Å². The van der Waals surface area contributed by atoms with Gasteiger partial charge in [-0.15, -0.1) is 0 Å². The number of aliphatic hydroxyl groups excluding tert-OH is 2. The van der Waals surface area contributed by atoms with Crippen LogP contribution in [0.3, 0.4) is 0 Å². The first-order valence-electron chi connectivity index (χ1n) is 7.87. The number of hydrogen-bond acceptors (Lipinski definition) is 3. The van der Waals surface area contributed by atoms with Crippen LogP contribution in [0.1, 0.15) is 45.1 Å². The van der Waals surface area contributed by atoms with Crippen LogP contribution in [0.4, 0.5) is 0 Å². The van der Waals surface area contributed by atoms with Gasteiger partial charge in [0.1, 0.15) is 12.2 Å². The summed E-state index contributed by atoms with van der Waals surface area (Å²) in [4.78, 5) is 0. The molecule has 0 aliphatic rings. The van der Waals surface area contributed by atoms with E-state index in [0.29, 0.717) is 13.0 Å². The molecular formula is C18H28O3. The molecule has 1 aromatic rings. The van der Waals surface area contributed by atoms with Gasteiger partial charge in [-0.05, 0) is 18.4 Å². The molecule has 3 heteroatoms. The lowest BCUT2D eigenvalue weighted by atomic mass is 10.0. The molecule has 0 aliphatic carbocycles.